The van der Waals surface area contributed by atoms with Crippen molar-refractivity contribution in [2.75, 3.05) is 29.9 Å². The van der Waals surface area contributed by atoms with Crippen LogP contribution in [0.25, 0.3) is 0 Å². The molecule has 0 aliphatic heterocycles. The molecule has 0 radical (unpaired) electrons. The minimum absolute atomic E-state index is 0.0459. The third-order valence-corrected chi connectivity index (χ3v) is 4.23. The van der Waals surface area contributed by atoms with Crippen molar-refractivity contribution in [1.29, 1.82) is 0 Å². The Morgan fingerprint density at radius 1 is 1.00 bits per heavy atom. The Kier molecular flexibility index (Phi) is 8.53. The summed E-state index contributed by atoms with van der Waals surface area (Å²) in [6, 6.07) is 17.6. The van der Waals surface area contributed by atoms with E-state index in [1.165, 1.54) is 19.3 Å². The molecule has 0 fully saturated rings. The lowest BCUT2D eigenvalue weighted by Crippen LogP contribution is -2.35. The predicted molar refractivity (Wildman–Crippen MR) is 109 cm³/mol. The molecule has 4 heteroatoms. The summed E-state index contributed by atoms with van der Waals surface area (Å²) in [6.07, 6.45) is 4.76. The van der Waals surface area contributed by atoms with Crippen LogP contribution in [0.3, 0.4) is 0 Å². The number of carbonyl (C=O) groups is 1. The van der Waals surface area contributed by atoms with Gasteiger partial charge in [0.05, 0.1) is 13.2 Å². The number of benzene rings is 2. The number of para-hydroxylation sites is 1. The molecule has 0 aliphatic rings. The van der Waals surface area contributed by atoms with E-state index in [1.807, 2.05) is 61.5 Å². The van der Waals surface area contributed by atoms with Crippen molar-refractivity contribution in [3.8, 4) is 5.75 Å². The van der Waals surface area contributed by atoms with E-state index in [0.717, 1.165) is 30.2 Å². The first-order valence-corrected chi connectivity index (χ1v) is 9.56. The Morgan fingerprint density at radius 2 is 1.81 bits per heavy atom. The molecule has 0 saturated carbocycles. The standard InChI is InChI=1S/C22H30N2O2/c1-3-5-6-10-16-26-21-15-11-12-19(17-21)23-18-22(25)24(4-2)20-13-8-7-9-14-20/h7-9,11-15,17,23H,3-6,10,16,18H2,1-2H3. The van der Waals surface area contributed by atoms with E-state index in [0.29, 0.717) is 6.54 Å². The number of hydrogen-bond acceptors (Lipinski definition) is 3. The van der Waals surface area contributed by atoms with Crippen LogP contribution in [0, 0.1) is 0 Å². The fourth-order valence-corrected chi connectivity index (χ4v) is 2.80. The van der Waals surface area contributed by atoms with Gasteiger partial charge in [-0.05, 0) is 37.6 Å². The molecular weight excluding hydrogens is 324 g/mol. The van der Waals surface area contributed by atoms with Crippen LogP contribution in [0.15, 0.2) is 54.6 Å². The molecule has 0 aromatic heterocycles. The van der Waals surface area contributed by atoms with Crippen LogP contribution in [-0.2, 0) is 4.79 Å². The second-order valence-corrected chi connectivity index (χ2v) is 6.26. The number of anilines is 2. The van der Waals surface area contributed by atoms with Crippen LogP contribution in [-0.4, -0.2) is 25.6 Å². The maximum Gasteiger partial charge on any atom is 0.246 e. The lowest BCUT2D eigenvalue weighted by molar-refractivity contribution is -0.116. The van der Waals surface area contributed by atoms with E-state index in [4.69, 9.17) is 4.74 Å². The van der Waals surface area contributed by atoms with E-state index in [9.17, 15) is 4.79 Å². The molecule has 0 heterocycles. The molecule has 1 amide bonds. The van der Waals surface area contributed by atoms with Gasteiger partial charge in [0.2, 0.25) is 5.91 Å². The summed E-state index contributed by atoms with van der Waals surface area (Å²) in [6.45, 7) is 5.82. The summed E-state index contributed by atoms with van der Waals surface area (Å²) in [5.74, 6) is 0.888. The number of hydrogen-bond donors (Lipinski definition) is 1. The normalized spacial score (nSPS) is 10.4. The Labute approximate surface area is 157 Å². The van der Waals surface area contributed by atoms with E-state index in [2.05, 4.69) is 12.2 Å². The molecule has 0 atom stereocenters. The summed E-state index contributed by atoms with van der Waals surface area (Å²) in [5, 5.41) is 3.21. The van der Waals surface area contributed by atoms with Gasteiger partial charge in [0.1, 0.15) is 5.75 Å². The fraction of sp³-hybridized carbons (Fsp3) is 0.409. The fourth-order valence-electron chi connectivity index (χ4n) is 2.80. The van der Waals surface area contributed by atoms with Crippen LogP contribution in [0.2, 0.25) is 0 Å². The van der Waals surface area contributed by atoms with Crippen LogP contribution in [0.4, 0.5) is 11.4 Å². The van der Waals surface area contributed by atoms with E-state index in [1.54, 1.807) is 4.90 Å². The highest BCUT2D eigenvalue weighted by molar-refractivity contribution is 5.96. The molecule has 4 nitrogen and oxygen atoms in total. The second-order valence-electron chi connectivity index (χ2n) is 6.26. The summed E-state index contributed by atoms with van der Waals surface area (Å²) in [7, 11) is 0. The second kappa shape index (κ2) is 11.2. The zero-order valence-corrected chi connectivity index (χ0v) is 15.9. The van der Waals surface area contributed by atoms with Gasteiger partial charge >= 0.3 is 0 Å². The van der Waals surface area contributed by atoms with Crippen LogP contribution < -0.4 is 15.0 Å². The van der Waals surface area contributed by atoms with Gasteiger partial charge in [-0.3, -0.25) is 4.79 Å². The topological polar surface area (TPSA) is 41.6 Å². The van der Waals surface area contributed by atoms with E-state index < -0.39 is 0 Å². The molecule has 0 saturated heterocycles. The van der Waals surface area contributed by atoms with Crippen molar-refractivity contribution in [2.24, 2.45) is 0 Å². The van der Waals surface area contributed by atoms with Gasteiger partial charge in [-0.1, -0.05) is 50.5 Å². The van der Waals surface area contributed by atoms with E-state index in [-0.39, 0.29) is 12.5 Å². The summed E-state index contributed by atoms with van der Waals surface area (Å²) in [4.78, 5) is 14.3. The molecule has 0 aliphatic carbocycles. The molecule has 140 valence electrons. The van der Waals surface area contributed by atoms with Crippen molar-refractivity contribution >= 4 is 17.3 Å². The molecule has 0 unspecified atom stereocenters. The summed E-state index contributed by atoms with van der Waals surface area (Å²) in [5.41, 5.74) is 1.82. The monoisotopic (exact) mass is 354 g/mol. The molecule has 0 spiro atoms. The molecule has 1 N–H and O–H groups in total. The minimum atomic E-state index is 0.0459. The van der Waals surface area contributed by atoms with Gasteiger partial charge in [0, 0.05) is 24.0 Å². The summed E-state index contributed by atoms with van der Waals surface area (Å²) < 4.78 is 5.80. The highest BCUT2D eigenvalue weighted by atomic mass is 16.5. The van der Waals surface area contributed by atoms with Crippen molar-refractivity contribution < 1.29 is 9.53 Å². The number of amides is 1. The first-order chi connectivity index (χ1) is 12.7. The number of nitrogens with zero attached hydrogens (tertiary/aromatic N) is 1. The molecule has 2 aromatic rings. The average Bonchev–Trinajstić information content (AvgIpc) is 2.68. The van der Waals surface area contributed by atoms with Crippen molar-refractivity contribution in [3.05, 3.63) is 54.6 Å². The Morgan fingerprint density at radius 3 is 2.54 bits per heavy atom. The zero-order chi connectivity index (χ0) is 18.6. The van der Waals surface area contributed by atoms with Crippen LogP contribution in [0.1, 0.15) is 39.5 Å². The number of carbonyl (C=O) groups excluding carboxylic acids is 1. The molecule has 26 heavy (non-hydrogen) atoms. The lowest BCUT2D eigenvalue weighted by Gasteiger charge is -2.21. The third kappa shape index (κ3) is 6.43. The number of likely N-dealkylation sites (N-methyl/N-ethyl adjacent to an activating group) is 1. The predicted octanol–water partition coefficient (Wildman–Crippen LogP) is 5.11. The molecule has 2 aromatic carbocycles. The number of nitrogens with one attached hydrogen (secondary N) is 1. The summed E-state index contributed by atoms with van der Waals surface area (Å²) >= 11 is 0. The Bertz CT molecular complexity index is 658. The number of ether oxygens (including phenoxy) is 1. The van der Waals surface area contributed by atoms with Gasteiger partial charge in [0.15, 0.2) is 0 Å². The third-order valence-electron chi connectivity index (χ3n) is 4.23. The molecule has 2 rings (SSSR count). The van der Waals surface area contributed by atoms with Crippen LogP contribution in [0.5, 0.6) is 5.75 Å². The highest BCUT2D eigenvalue weighted by Crippen LogP contribution is 2.18. The molecular formula is C22H30N2O2. The zero-order valence-electron chi connectivity index (χ0n) is 15.9. The maximum atomic E-state index is 12.5. The quantitative estimate of drug-likeness (QED) is 0.570. The van der Waals surface area contributed by atoms with Crippen molar-refractivity contribution in [2.45, 2.75) is 39.5 Å². The number of unbranched alkanes of at least 4 members (excludes halogenated alkanes) is 3. The van der Waals surface area contributed by atoms with Crippen LogP contribution >= 0.6 is 0 Å². The van der Waals surface area contributed by atoms with E-state index >= 15 is 0 Å². The maximum absolute atomic E-state index is 12.5. The minimum Gasteiger partial charge on any atom is -0.494 e. The lowest BCUT2D eigenvalue weighted by atomic mass is 10.2. The van der Waals surface area contributed by atoms with Gasteiger partial charge in [-0.25, -0.2) is 0 Å². The van der Waals surface area contributed by atoms with Gasteiger partial charge < -0.3 is 15.0 Å². The Balaban J connectivity index is 1.84. The molecule has 0 bridgehead atoms. The van der Waals surface area contributed by atoms with Crippen molar-refractivity contribution in [1.82, 2.24) is 0 Å². The average molecular weight is 354 g/mol. The van der Waals surface area contributed by atoms with Gasteiger partial charge in [-0.2, -0.15) is 0 Å². The highest BCUT2D eigenvalue weighted by Gasteiger charge is 2.13. The first kappa shape index (κ1) is 19.8. The Hall–Kier alpha value is -2.49. The number of rotatable bonds is 11. The van der Waals surface area contributed by atoms with Crippen molar-refractivity contribution in [3.63, 3.8) is 0 Å². The first-order valence-electron chi connectivity index (χ1n) is 9.56. The van der Waals surface area contributed by atoms with Gasteiger partial charge in [-0.15, -0.1) is 0 Å². The SMILES string of the molecule is CCCCCCOc1cccc(NCC(=O)N(CC)c2ccccc2)c1. The largest absolute Gasteiger partial charge is 0.494 e. The smallest absolute Gasteiger partial charge is 0.246 e. The van der Waals surface area contributed by atoms with Gasteiger partial charge in [0.25, 0.3) is 0 Å².